The number of nitrogens with zero attached hydrogens (tertiary/aromatic N) is 2. The molecule has 0 aliphatic carbocycles. The van der Waals surface area contributed by atoms with Crippen LogP contribution in [0.5, 0.6) is 0 Å². The predicted octanol–water partition coefficient (Wildman–Crippen LogP) is 1.73. The quantitative estimate of drug-likeness (QED) is 0.841. The third kappa shape index (κ3) is 4.88. The first-order valence-electron chi connectivity index (χ1n) is 5.65. The molecule has 98 valence electrons. The van der Waals surface area contributed by atoms with E-state index in [2.05, 4.69) is 24.6 Å². The average Bonchev–Trinajstić information content (AvgIpc) is 2.63. The third-order valence-electron chi connectivity index (χ3n) is 2.87. The molecule has 0 aromatic carbocycles. The molecule has 0 amide bonds. The SMILES string of the molecule is CC(O[C@@H](C)n1ccnc1C(=O)O)[Si](C)(C)C.[KH]. The Bertz CT molecular complexity index is 403. The normalized spacial score (nSPS) is 14.7. The number of carboxylic acids is 1. The molecule has 0 saturated heterocycles. The molecule has 1 aromatic rings. The van der Waals surface area contributed by atoms with Crippen molar-refractivity contribution in [2.45, 2.75) is 45.4 Å². The van der Waals surface area contributed by atoms with Gasteiger partial charge in [0, 0.05) is 18.1 Å². The zero-order chi connectivity index (χ0) is 13.2. The summed E-state index contributed by atoms with van der Waals surface area (Å²) in [5, 5.41) is 8.97. The van der Waals surface area contributed by atoms with Crippen molar-refractivity contribution in [1.82, 2.24) is 9.55 Å². The van der Waals surface area contributed by atoms with Crippen LogP contribution in [-0.2, 0) is 4.74 Å². The fraction of sp³-hybridized carbons (Fsp3) is 0.636. The standard InChI is InChI=1S/C11H20N2O3Si.K.H/c1-8(16-9(2)17(3,4)5)13-7-6-12-10(13)11(14)15;;/h6-9H,1-5H3,(H,14,15);;/t8-,9?;;/m0../s1. The van der Waals surface area contributed by atoms with E-state index in [9.17, 15) is 4.79 Å². The van der Waals surface area contributed by atoms with Gasteiger partial charge in [-0.15, -0.1) is 0 Å². The van der Waals surface area contributed by atoms with Gasteiger partial charge in [0.1, 0.15) is 6.23 Å². The topological polar surface area (TPSA) is 64.4 Å². The van der Waals surface area contributed by atoms with Gasteiger partial charge in [0.25, 0.3) is 0 Å². The van der Waals surface area contributed by atoms with Gasteiger partial charge < -0.3 is 9.84 Å². The van der Waals surface area contributed by atoms with Gasteiger partial charge in [-0.25, -0.2) is 9.78 Å². The summed E-state index contributed by atoms with van der Waals surface area (Å²) in [7, 11) is -1.38. The van der Waals surface area contributed by atoms with Crippen LogP contribution in [0, 0.1) is 0 Å². The second-order valence-electron chi connectivity index (χ2n) is 5.21. The molecule has 7 heteroatoms. The van der Waals surface area contributed by atoms with Crippen molar-refractivity contribution in [2.75, 3.05) is 0 Å². The average molecular weight is 296 g/mol. The summed E-state index contributed by atoms with van der Waals surface area (Å²) < 4.78 is 7.41. The summed E-state index contributed by atoms with van der Waals surface area (Å²) in [6.07, 6.45) is 2.79. The molecule has 1 N–H and O–H groups in total. The Labute approximate surface area is 151 Å². The number of imidazole rings is 1. The van der Waals surface area contributed by atoms with E-state index in [1.165, 1.54) is 6.20 Å². The van der Waals surface area contributed by atoms with Gasteiger partial charge in [-0.05, 0) is 13.8 Å². The number of carbonyl (C=O) groups is 1. The van der Waals surface area contributed by atoms with E-state index in [1.807, 2.05) is 13.8 Å². The van der Waals surface area contributed by atoms with Gasteiger partial charge >= 0.3 is 57.4 Å². The summed E-state index contributed by atoms with van der Waals surface area (Å²) in [6, 6.07) is 0. The van der Waals surface area contributed by atoms with Crippen LogP contribution in [0.2, 0.25) is 19.6 Å². The van der Waals surface area contributed by atoms with E-state index in [0.29, 0.717) is 0 Å². The van der Waals surface area contributed by atoms with Crippen molar-refractivity contribution >= 4 is 65.4 Å². The number of aromatic carboxylic acids is 1. The minimum absolute atomic E-state index is 0. The van der Waals surface area contributed by atoms with E-state index in [0.717, 1.165) is 0 Å². The Balaban J connectivity index is 0.00000289. The zero-order valence-electron chi connectivity index (χ0n) is 11.0. The van der Waals surface area contributed by atoms with Crippen LogP contribution < -0.4 is 0 Å². The van der Waals surface area contributed by atoms with Crippen molar-refractivity contribution in [3.8, 4) is 0 Å². The number of carboxylic acid groups (broad SMARTS) is 1. The number of hydrogen-bond acceptors (Lipinski definition) is 3. The minimum atomic E-state index is -1.38. The van der Waals surface area contributed by atoms with Crippen LogP contribution in [0.25, 0.3) is 0 Å². The zero-order valence-corrected chi connectivity index (χ0v) is 12.0. The summed E-state index contributed by atoms with van der Waals surface area (Å²) >= 11 is 0. The van der Waals surface area contributed by atoms with Crippen LogP contribution in [0.1, 0.15) is 30.7 Å². The van der Waals surface area contributed by atoms with Crippen molar-refractivity contribution in [3.05, 3.63) is 18.2 Å². The Morgan fingerprint density at radius 2 is 2.00 bits per heavy atom. The number of ether oxygens (including phenoxy) is 1. The molecule has 0 aliphatic rings. The molecular weight excluding hydrogens is 275 g/mol. The number of aromatic nitrogens is 2. The summed E-state index contributed by atoms with van der Waals surface area (Å²) in [4.78, 5) is 14.7. The summed E-state index contributed by atoms with van der Waals surface area (Å²) in [5.74, 6) is -1.02. The van der Waals surface area contributed by atoms with Gasteiger partial charge in [0.2, 0.25) is 5.82 Å². The van der Waals surface area contributed by atoms with Crippen LogP contribution in [0.4, 0.5) is 0 Å². The van der Waals surface area contributed by atoms with Crippen molar-refractivity contribution in [1.29, 1.82) is 0 Å². The fourth-order valence-corrected chi connectivity index (χ4v) is 1.94. The Morgan fingerprint density at radius 3 is 2.44 bits per heavy atom. The molecule has 0 saturated carbocycles. The van der Waals surface area contributed by atoms with Crippen molar-refractivity contribution in [3.63, 3.8) is 0 Å². The van der Waals surface area contributed by atoms with E-state index in [1.54, 1.807) is 10.8 Å². The molecule has 1 heterocycles. The first-order valence-corrected chi connectivity index (χ1v) is 9.23. The molecule has 1 unspecified atom stereocenters. The number of rotatable bonds is 5. The maximum absolute atomic E-state index is 10.9. The Morgan fingerprint density at radius 1 is 1.44 bits per heavy atom. The molecule has 0 aliphatic heterocycles. The molecule has 5 nitrogen and oxygen atoms in total. The van der Waals surface area contributed by atoms with Crippen LogP contribution in [0.15, 0.2) is 12.4 Å². The molecule has 0 spiro atoms. The fourth-order valence-electron chi connectivity index (χ4n) is 1.34. The van der Waals surface area contributed by atoms with Gasteiger partial charge in [0.05, 0.1) is 8.07 Å². The van der Waals surface area contributed by atoms with Gasteiger partial charge in [0.15, 0.2) is 0 Å². The predicted molar refractivity (Wildman–Crippen MR) is 74.9 cm³/mol. The first kappa shape index (κ1) is 18.5. The van der Waals surface area contributed by atoms with E-state index in [4.69, 9.17) is 9.84 Å². The second-order valence-corrected chi connectivity index (χ2v) is 10.8. The molecule has 1 aromatic heterocycles. The van der Waals surface area contributed by atoms with Gasteiger partial charge in [-0.2, -0.15) is 0 Å². The molecule has 18 heavy (non-hydrogen) atoms. The molecule has 1 rings (SSSR count). The van der Waals surface area contributed by atoms with Gasteiger partial charge in [-0.1, -0.05) is 19.6 Å². The monoisotopic (exact) mass is 296 g/mol. The van der Waals surface area contributed by atoms with Crippen molar-refractivity contribution in [2.24, 2.45) is 0 Å². The van der Waals surface area contributed by atoms with Crippen LogP contribution in [-0.4, -0.2) is 85.8 Å². The van der Waals surface area contributed by atoms with Crippen LogP contribution >= 0.6 is 0 Å². The molecule has 0 bridgehead atoms. The molecule has 0 radical (unpaired) electrons. The molecule has 0 fully saturated rings. The summed E-state index contributed by atoms with van der Waals surface area (Å²) in [5.41, 5.74) is 0.154. The second kappa shape index (κ2) is 7.32. The van der Waals surface area contributed by atoms with E-state index in [-0.39, 0.29) is 69.2 Å². The van der Waals surface area contributed by atoms with E-state index < -0.39 is 14.0 Å². The molecule has 2 atom stereocenters. The Hall–Kier alpha value is 0.493. The van der Waals surface area contributed by atoms with Gasteiger partial charge in [-0.3, -0.25) is 4.57 Å². The van der Waals surface area contributed by atoms with E-state index >= 15 is 0 Å². The van der Waals surface area contributed by atoms with Crippen molar-refractivity contribution < 1.29 is 14.6 Å². The molecular formula is C11H21KN2O3Si. The summed E-state index contributed by atoms with van der Waals surface area (Å²) in [6.45, 7) is 10.5. The first-order chi connectivity index (χ1) is 7.73. The maximum atomic E-state index is 10.9. The third-order valence-corrected chi connectivity index (χ3v) is 5.45. The number of hydrogen-bond donors (Lipinski definition) is 1. The van der Waals surface area contributed by atoms with Crippen LogP contribution in [0.3, 0.4) is 0 Å². The Kier molecular flexibility index (Phi) is 7.52.